The third-order valence-electron chi connectivity index (χ3n) is 3.62. The number of H-pyrrole nitrogens is 1. The van der Waals surface area contributed by atoms with Gasteiger partial charge in [0, 0.05) is 6.04 Å². The van der Waals surface area contributed by atoms with Crippen LogP contribution in [-0.4, -0.2) is 22.1 Å². The first kappa shape index (κ1) is 15.1. The van der Waals surface area contributed by atoms with Crippen molar-refractivity contribution in [2.45, 2.75) is 39.7 Å². The minimum absolute atomic E-state index is 0.0137. The van der Waals surface area contributed by atoms with Crippen LogP contribution >= 0.6 is 0 Å². The molecular formula is C16H22N4O. The fraction of sp³-hybridized carbons (Fsp3) is 0.375. The number of amides is 1. The van der Waals surface area contributed by atoms with Crippen molar-refractivity contribution < 1.29 is 4.79 Å². The zero-order valence-corrected chi connectivity index (χ0v) is 12.7. The van der Waals surface area contributed by atoms with E-state index in [1.807, 2.05) is 26.0 Å². The monoisotopic (exact) mass is 286 g/mol. The number of hydrogen-bond donors (Lipinski definition) is 3. The number of anilines is 1. The molecule has 0 saturated carbocycles. The van der Waals surface area contributed by atoms with E-state index in [-0.39, 0.29) is 17.6 Å². The number of nitrogen functional groups attached to an aromatic ring is 1. The van der Waals surface area contributed by atoms with Crippen LogP contribution in [0.5, 0.6) is 0 Å². The van der Waals surface area contributed by atoms with Gasteiger partial charge in [0.1, 0.15) is 0 Å². The Labute approximate surface area is 124 Å². The molecule has 0 spiro atoms. The Balaban J connectivity index is 2.02. The van der Waals surface area contributed by atoms with Crippen molar-refractivity contribution in [3.05, 3.63) is 46.8 Å². The Morgan fingerprint density at radius 2 is 2.14 bits per heavy atom. The van der Waals surface area contributed by atoms with Crippen LogP contribution in [0.1, 0.15) is 41.2 Å². The summed E-state index contributed by atoms with van der Waals surface area (Å²) in [6, 6.07) is 8.19. The van der Waals surface area contributed by atoms with Gasteiger partial charge < -0.3 is 11.1 Å². The van der Waals surface area contributed by atoms with Crippen LogP contribution in [-0.2, 0) is 12.8 Å². The maximum atomic E-state index is 12.2. The Morgan fingerprint density at radius 1 is 1.43 bits per heavy atom. The molecule has 0 radical (unpaired) electrons. The van der Waals surface area contributed by atoms with E-state index in [2.05, 4.69) is 34.6 Å². The van der Waals surface area contributed by atoms with Crippen molar-refractivity contribution in [2.24, 2.45) is 0 Å². The maximum absolute atomic E-state index is 12.2. The number of aromatic amines is 1. The third kappa shape index (κ3) is 3.42. The van der Waals surface area contributed by atoms with Crippen molar-refractivity contribution in [2.75, 3.05) is 5.73 Å². The third-order valence-corrected chi connectivity index (χ3v) is 3.62. The predicted molar refractivity (Wildman–Crippen MR) is 84.2 cm³/mol. The molecule has 1 atom stereocenters. The van der Waals surface area contributed by atoms with Crippen molar-refractivity contribution in [3.63, 3.8) is 0 Å². The van der Waals surface area contributed by atoms with Gasteiger partial charge >= 0.3 is 0 Å². The molecule has 0 aliphatic heterocycles. The molecule has 2 aromatic rings. The van der Waals surface area contributed by atoms with Crippen LogP contribution < -0.4 is 11.1 Å². The quantitative estimate of drug-likeness (QED) is 0.788. The van der Waals surface area contributed by atoms with E-state index in [0.717, 1.165) is 18.5 Å². The van der Waals surface area contributed by atoms with E-state index >= 15 is 0 Å². The highest BCUT2D eigenvalue weighted by Crippen LogP contribution is 2.15. The molecule has 4 N–H and O–H groups in total. The standard InChI is InChI=1S/C16H22N4O/c1-4-13-14(17)15(20-19-13)16(21)18-11(3)9-12-8-6-5-7-10(12)2/h5-8,11H,4,9,17H2,1-3H3,(H,18,21)(H,19,20). The van der Waals surface area contributed by atoms with Gasteiger partial charge in [-0.3, -0.25) is 9.89 Å². The molecule has 21 heavy (non-hydrogen) atoms. The zero-order chi connectivity index (χ0) is 15.4. The number of benzene rings is 1. The normalized spacial score (nSPS) is 12.1. The summed E-state index contributed by atoms with van der Waals surface area (Å²) in [6.07, 6.45) is 1.51. The number of carbonyl (C=O) groups excluding carboxylic acids is 1. The van der Waals surface area contributed by atoms with Gasteiger partial charge in [0.2, 0.25) is 0 Å². The summed E-state index contributed by atoms with van der Waals surface area (Å²) in [5, 5.41) is 9.75. The molecular weight excluding hydrogens is 264 g/mol. The van der Waals surface area contributed by atoms with Gasteiger partial charge in [-0.25, -0.2) is 0 Å². The molecule has 1 aromatic carbocycles. The SMILES string of the molecule is CCc1[nH]nc(C(=O)NC(C)Cc2ccccc2C)c1N. The van der Waals surface area contributed by atoms with Crippen molar-refractivity contribution in [1.29, 1.82) is 0 Å². The minimum atomic E-state index is -0.232. The van der Waals surface area contributed by atoms with E-state index in [4.69, 9.17) is 5.73 Å². The number of nitrogens with zero attached hydrogens (tertiary/aromatic N) is 1. The predicted octanol–water partition coefficient (Wildman–Crippen LogP) is 2.22. The fourth-order valence-electron chi connectivity index (χ4n) is 2.34. The summed E-state index contributed by atoms with van der Waals surface area (Å²) in [5.74, 6) is -0.232. The van der Waals surface area contributed by atoms with Gasteiger partial charge in [-0.1, -0.05) is 31.2 Å². The average Bonchev–Trinajstić information content (AvgIpc) is 2.82. The fourth-order valence-corrected chi connectivity index (χ4v) is 2.34. The Hall–Kier alpha value is -2.30. The van der Waals surface area contributed by atoms with Gasteiger partial charge in [0.25, 0.3) is 5.91 Å². The van der Waals surface area contributed by atoms with Crippen LogP contribution in [0.15, 0.2) is 24.3 Å². The Kier molecular flexibility index (Phi) is 4.62. The summed E-state index contributed by atoms with van der Waals surface area (Å²) < 4.78 is 0. The molecule has 5 nitrogen and oxygen atoms in total. The lowest BCUT2D eigenvalue weighted by Crippen LogP contribution is -2.34. The van der Waals surface area contributed by atoms with Gasteiger partial charge in [-0.15, -0.1) is 0 Å². The summed E-state index contributed by atoms with van der Waals surface area (Å²) >= 11 is 0. The Morgan fingerprint density at radius 3 is 2.76 bits per heavy atom. The maximum Gasteiger partial charge on any atom is 0.274 e. The second-order valence-electron chi connectivity index (χ2n) is 5.32. The molecule has 0 bridgehead atoms. The Bertz CT molecular complexity index is 633. The highest BCUT2D eigenvalue weighted by atomic mass is 16.2. The van der Waals surface area contributed by atoms with Crippen LogP contribution in [0, 0.1) is 6.92 Å². The molecule has 1 unspecified atom stereocenters. The molecule has 112 valence electrons. The van der Waals surface area contributed by atoms with Gasteiger partial charge in [-0.2, -0.15) is 5.10 Å². The van der Waals surface area contributed by atoms with Gasteiger partial charge in [-0.05, 0) is 37.8 Å². The molecule has 1 aromatic heterocycles. The first-order valence-electron chi connectivity index (χ1n) is 7.21. The van der Waals surface area contributed by atoms with Crippen LogP contribution in [0.2, 0.25) is 0 Å². The molecule has 5 heteroatoms. The molecule has 0 aliphatic carbocycles. The lowest BCUT2D eigenvalue weighted by atomic mass is 10.0. The number of carbonyl (C=O) groups is 1. The highest BCUT2D eigenvalue weighted by molar-refractivity contribution is 5.97. The number of nitrogens with one attached hydrogen (secondary N) is 2. The van der Waals surface area contributed by atoms with E-state index in [9.17, 15) is 4.79 Å². The van der Waals surface area contributed by atoms with Crippen molar-refractivity contribution in [1.82, 2.24) is 15.5 Å². The number of nitrogens with two attached hydrogens (primary N) is 1. The number of hydrogen-bond acceptors (Lipinski definition) is 3. The lowest BCUT2D eigenvalue weighted by molar-refractivity contribution is 0.0936. The molecule has 1 amide bonds. The zero-order valence-electron chi connectivity index (χ0n) is 12.7. The van der Waals surface area contributed by atoms with E-state index in [0.29, 0.717) is 5.69 Å². The summed E-state index contributed by atoms with van der Waals surface area (Å²) in [5.41, 5.74) is 9.89. The van der Waals surface area contributed by atoms with E-state index < -0.39 is 0 Å². The minimum Gasteiger partial charge on any atom is -0.395 e. The van der Waals surface area contributed by atoms with Gasteiger partial charge in [0.15, 0.2) is 5.69 Å². The largest absolute Gasteiger partial charge is 0.395 e. The first-order chi connectivity index (χ1) is 10.0. The van der Waals surface area contributed by atoms with Crippen LogP contribution in [0.3, 0.4) is 0 Å². The average molecular weight is 286 g/mol. The summed E-state index contributed by atoms with van der Waals surface area (Å²) in [7, 11) is 0. The first-order valence-corrected chi connectivity index (χ1v) is 7.21. The highest BCUT2D eigenvalue weighted by Gasteiger charge is 2.18. The molecule has 2 rings (SSSR count). The smallest absolute Gasteiger partial charge is 0.274 e. The lowest BCUT2D eigenvalue weighted by Gasteiger charge is -2.14. The second kappa shape index (κ2) is 6.43. The molecule has 0 saturated heterocycles. The molecule has 1 heterocycles. The van der Waals surface area contributed by atoms with E-state index in [1.54, 1.807) is 0 Å². The van der Waals surface area contributed by atoms with E-state index in [1.165, 1.54) is 11.1 Å². The molecule has 0 aliphatic rings. The number of aryl methyl sites for hydroxylation is 2. The number of aromatic nitrogens is 2. The van der Waals surface area contributed by atoms with Gasteiger partial charge in [0.05, 0.1) is 11.4 Å². The summed E-state index contributed by atoms with van der Waals surface area (Å²) in [6.45, 7) is 6.02. The van der Waals surface area contributed by atoms with Crippen LogP contribution in [0.4, 0.5) is 5.69 Å². The second-order valence-corrected chi connectivity index (χ2v) is 5.32. The number of rotatable bonds is 5. The summed E-state index contributed by atoms with van der Waals surface area (Å²) in [4.78, 5) is 12.2. The molecule has 0 fully saturated rings. The van der Waals surface area contributed by atoms with Crippen LogP contribution in [0.25, 0.3) is 0 Å². The van der Waals surface area contributed by atoms with Crippen molar-refractivity contribution >= 4 is 11.6 Å². The topological polar surface area (TPSA) is 83.8 Å². The van der Waals surface area contributed by atoms with Crippen molar-refractivity contribution in [3.8, 4) is 0 Å².